The minimum absolute atomic E-state index is 0.00866. The lowest BCUT2D eigenvalue weighted by molar-refractivity contribution is 0.0920. The van der Waals surface area contributed by atoms with Crippen LogP contribution in [0.3, 0.4) is 0 Å². The Kier molecular flexibility index (Phi) is 4.93. The van der Waals surface area contributed by atoms with Crippen LogP contribution in [-0.2, 0) is 6.42 Å². The number of para-hydroxylation sites is 1. The van der Waals surface area contributed by atoms with Crippen molar-refractivity contribution in [3.05, 3.63) is 51.2 Å². The summed E-state index contributed by atoms with van der Waals surface area (Å²) in [6, 6.07) is 9.39. The van der Waals surface area contributed by atoms with Gasteiger partial charge < -0.3 is 9.84 Å². The predicted octanol–water partition coefficient (Wildman–Crippen LogP) is 3.16. The van der Waals surface area contributed by atoms with E-state index in [0.717, 1.165) is 20.9 Å². The number of carbonyl (C=O) groups is 1. The molecule has 20 heavy (non-hydrogen) atoms. The summed E-state index contributed by atoms with van der Waals surface area (Å²) in [4.78, 5) is 14.3. The summed E-state index contributed by atoms with van der Waals surface area (Å²) in [5.41, 5.74) is 1.66. The van der Waals surface area contributed by atoms with Crippen LogP contribution in [0.25, 0.3) is 0 Å². The Balaban J connectivity index is 2.05. The molecule has 0 fully saturated rings. The van der Waals surface area contributed by atoms with Gasteiger partial charge in [-0.3, -0.25) is 4.79 Å². The van der Waals surface area contributed by atoms with E-state index in [2.05, 4.69) is 0 Å². The van der Waals surface area contributed by atoms with Gasteiger partial charge in [0.1, 0.15) is 5.75 Å². The molecule has 1 aromatic heterocycles. The summed E-state index contributed by atoms with van der Waals surface area (Å²) in [7, 11) is 0. The van der Waals surface area contributed by atoms with Gasteiger partial charge in [-0.05, 0) is 38.0 Å². The highest BCUT2D eigenvalue weighted by Gasteiger charge is 2.13. The Labute approximate surface area is 122 Å². The molecule has 2 rings (SSSR count). The van der Waals surface area contributed by atoms with Crippen molar-refractivity contribution in [3.8, 4) is 5.75 Å². The Morgan fingerprint density at radius 2 is 2.05 bits per heavy atom. The van der Waals surface area contributed by atoms with Gasteiger partial charge in [0.15, 0.2) is 6.61 Å². The third-order valence-electron chi connectivity index (χ3n) is 3.05. The van der Waals surface area contributed by atoms with Crippen molar-refractivity contribution in [2.24, 2.45) is 0 Å². The second-order valence-electron chi connectivity index (χ2n) is 4.62. The molecular formula is C16H18O3S. The maximum Gasteiger partial charge on any atom is 0.201 e. The quantitative estimate of drug-likeness (QED) is 0.831. The third-order valence-corrected chi connectivity index (χ3v) is 4.02. The number of ketones is 1. The molecule has 0 aliphatic rings. The molecule has 0 radical (unpaired) electrons. The fourth-order valence-electron chi connectivity index (χ4n) is 2.10. The van der Waals surface area contributed by atoms with Gasteiger partial charge in [-0.1, -0.05) is 18.2 Å². The molecule has 0 amide bonds. The second-order valence-corrected chi connectivity index (χ2v) is 6.08. The van der Waals surface area contributed by atoms with Crippen molar-refractivity contribution in [2.75, 3.05) is 13.2 Å². The molecule has 3 nitrogen and oxygen atoms in total. The smallest absolute Gasteiger partial charge is 0.201 e. The first-order chi connectivity index (χ1) is 9.61. The van der Waals surface area contributed by atoms with E-state index >= 15 is 0 Å². The standard InChI is InChI=1S/C16H18O3S/c1-11-9-14(12(2)20-11)15(18)10-19-16-6-4-3-5-13(16)7-8-17/h3-6,9,17H,7-8,10H2,1-2H3. The fourth-order valence-corrected chi connectivity index (χ4v) is 3.04. The van der Waals surface area contributed by atoms with Crippen molar-refractivity contribution < 1.29 is 14.6 Å². The molecular weight excluding hydrogens is 272 g/mol. The Hall–Kier alpha value is -1.65. The zero-order valence-corrected chi connectivity index (χ0v) is 12.5. The average molecular weight is 290 g/mol. The van der Waals surface area contributed by atoms with Gasteiger partial charge in [-0.2, -0.15) is 0 Å². The van der Waals surface area contributed by atoms with Crippen molar-refractivity contribution >= 4 is 17.1 Å². The average Bonchev–Trinajstić information content (AvgIpc) is 2.77. The molecule has 106 valence electrons. The minimum Gasteiger partial charge on any atom is -0.485 e. The fraction of sp³-hybridized carbons (Fsp3) is 0.312. The highest BCUT2D eigenvalue weighted by Crippen LogP contribution is 2.22. The maximum absolute atomic E-state index is 12.2. The monoisotopic (exact) mass is 290 g/mol. The van der Waals surface area contributed by atoms with E-state index in [1.54, 1.807) is 11.3 Å². The van der Waals surface area contributed by atoms with Crippen LogP contribution in [-0.4, -0.2) is 24.1 Å². The number of carbonyl (C=O) groups excluding carboxylic acids is 1. The summed E-state index contributed by atoms with van der Waals surface area (Å²) < 4.78 is 5.61. The number of thiophene rings is 1. The molecule has 2 aromatic rings. The van der Waals surface area contributed by atoms with Crippen LogP contribution in [0.4, 0.5) is 0 Å². The first kappa shape index (κ1) is 14.8. The van der Waals surface area contributed by atoms with Crippen molar-refractivity contribution in [1.29, 1.82) is 0 Å². The number of Topliss-reactive ketones (excluding diaryl/α,β-unsaturated/α-hetero) is 1. The number of aliphatic hydroxyl groups excluding tert-OH is 1. The van der Waals surface area contributed by atoms with Gasteiger partial charge in [-0.25, -0.2) is 0 Å². The lowest BCUT2D eigenvalue weighted by Gasteiger charge is -2.10. The van der Waals surface area contributed by atoms with Gasteiger partial charge in [0.25, 0.3) is 0 Å². The highest BCUT2D eigenvalue weighted by molar-refractivity contribution is 7.12. The van der Waals surface area contributed by atoms with E-state index in [1.165, 1.54) is 0 Å². The van der Waals surface area contributed by atoms with E-state index in [1.807, 2.05) is 44.2 Å². The van der Waals surface area contributed by atoms with E-state index < -0.39 is 0 Å². The molecule has 0 spiro atoms. The molecule has 0 atom stereocenters. The van der Waals surface area contributed by atoms with Crippen LogP contribution < -0.4 is 4.74 Å². The summed E-state index contributed by atoms with van der Waals surface area (Å²) in [6.07, 6.45) is 0.529. The van der Waals surface area contributed by atoms with Crippen LogP contribution in [0.2, 0.25) is 0 Å². The van der Waals surface area contributed by atoms with Gasteiger partial charge in [0.05, 0.1) is 0 Å². The van der Waals surface area contributed by atoms with E-state index in [-0.39, 0.29) is 19.0 Å². The van der Waals surface area contributed by atoms with Crippen molar-refractivity contribution in [3.63, 3.8) is 0 Å². The summed E-state index contributed by atoms with van der Waals surface area (Å²) in [5.74, 6) is 0.658. The summed E-state index contributed by atoms with van der Waals surface area (Å²) >= 11 is 1.62. The zero-order valence-electron chi connectivity index (χ0n) is 11.7. The molecule has 0 aliphatic carbocycles. The molecule has 1 heterocycles. The Bertz CT molecular complexity index is 602. The van der Waals surface area contributed by atoms with Crippen LogP contribution in [0.15, 0.2) is 30.3 Å². The number of hydrogen-bond donors (Lipinski definition) is 1. The Morgan fingerprint density at radius 3 is 2.70 bits per heavy atom. The number of aliphatic hydroxyl groups is 1. The number of ether oxygens (including phenoxy) is 1. The van der Waals surface area contributed by atoms with E-state index in [4.69, 9.17) is 9.84 Å². The van der Waals surface area contributed by atoms with Crippen LogP contribution in [0.1, 0.15) is 25.7 Å². The molecule has 0 aliphatic heterocycles. The van der Waals surface area contributed by atoms with E-state index in [9.17, 15) is 4.79 Å². The number of hydrogen-bond acceptors (Lipinski definition) is 4. The molecule has 0 bridgehead atoms. The van der Waals surface area contributed by atoms with Crippen molar-refractivity contribution in [2.45, 2.75) is 20.3 Å². The number of aryl methyl sites for hydroxylation is 2. The Morgan fingerprint density at radius 1 is 1.30 bits per heavy atom. The topological polar surface area (TPSA) is 46.5 Å². The van der Waals surface area contributed by atoms with Crippen LogP contribution in [0.5, 0.6) is 5.75 Å². The molecule has 0 saturated heterocycles. The SMILES string of the molecule is Cc1cc(C(=O)COc2ccccc2CCO)c(C)s1. The molecule has 1 N–H and O–H groups in total. The first-order valence-electron chi connectivity index (χ1n) is 6.53. The lowest BCUT2D eigenvalue weighted by Crippen LogP contribution is -2.12. The van der Waals surface area contributed by atoms with E-state index in [0.29, 0.717) is 12.2 Å². The van der Waals surface area contributed by atoms with Gasteiger partial charge in [0.2, 0.25) is 5.78 Å². The van der Waals surface area contributed by atoms with Crippen molar-refractivity contribution in [1.82, 2.24) is 0 Å². The largest absolute Gasteiger partial charge is 0.485 e. The van der Waals surface area contributed by atoms with Gasteiger partial charge >= 0.3 is 0 Å². The molecule has 0 saturated carbocycles. The highest BCUT2D eigenvalue weighted by atomic mass is 32.1. The predicted molar refractivity (Wildman–Crippen MR) is 80.9 cm³/mol. The normalized spacial score (nSPS) is 10.6. The maximum atomic E-state index is 12.2. The first-order valence-corrected chi connectivity index (χ1v) is 7.35. The molecule has 4 heteroatoms. The zero-order chi connectivity index (χ0) is 14.5. The molecule has 0 unspecified atom stereocenters. The summed E-state index contributed by atoms with van der Waals surface area (Å²) in [6.45, 7) is 4.03. The second kappa shape index (κ2) is 6.68. The van der Waals surface area contributed by atoms with Gasteiger partial charge in [-0.15, -0.1) is 11.3 Å². The number of rotatable bonds is 6. The summed E-state index contributed by atoms with van der Waals surface area (Å²) in [5, 5.41) is 9.02. The lowest BCUT2D eigenvalue weighted by atomic mass is 10.1. The molecule has 1 aromatic carbocycles. The minimum atomic E-state index is -0.00866. The third kappa shape index (κ3) is 3.46. The van der Waals surface area contributed by atoms with Gasteiger partial charge in [0, 0.05) is 21.9 Å². The van der Waals surface area contributed by atoms with Crippen LogP contribution in [0, 0.1) is 13.8 Å². The number of benzene rings is 1. The van der Waals surface area contributed by atoms with Crippen LogP contribution >= 0.6 is 11.3 Å².